The lowest BCUT2D eigenvalue weighted by atomic mass is 10.1. The van der Waals surface area contributed by atoms with Crippen LogP contribution in [0, 0.1) is 0 Å². The number of fused-ring (bicyclic) bond motifs is 1. The molecule has 0 atom stereocenters. The minimum Gasteiger partial charge on any atom is -0.369 e. The van der Waals surface area contributed by atoms with Crippen molar-refractivity contribution in [3.8, 4) is 11.3 Å². The molecular formula is C26H30N5OP. The number of nitrogens with one attached hydrogen (secondary N) is 2. The fourth-order valence-corrected chi connectivity index (χ4v) is 5.58. The van der Waals surface area contributed by atoms with Crippen molar-refractivity contribution in [2.45, 2.75) is 0 Å². The number of nitrogens with zero attached hydrogens (tertiary/aromatic N) is 3. The number of piperazine rings is 1. The van der Waals surface area contributed by atoms with Crippen molar-refractivity contribution in [3.63, 3.8) is 0 Å². The first-order chi connectivity index (χ1) is 15.9. The molecule has 7 heteroatoms. The number of benzene rings is 2. The lowest BCUT2D eigenvalue weighted by Crippen LogP contribution is -2.44. The summed E-state index contributed by atoms with van der Waals surface area (Å²) in [6, 6.07) is 20.6. The highest BCUT2D eigenvalue weighted by atomic mass is 31.2. The summed E-state index contributed by atoms with van der Waals surface area (Å²) in [6.45, 7) is 7.86. The Hall–Kier alpha value is -3.08. The highest BCUT2D eigenvalue weighted by Gasteiger charge is 2.18. The average Bonchev–Trinajstić information content (AvgIpc) is 3.25. The van der Waals surface area contributed by atoms with E-state index in [1.54, 1.807) is 19.5 Å². The Bertz CT molecular complexity index is 1330. The molecular weight excluding hydrogens is 429 g/mol. The first kappa shape index (κ1) is 21.7. The van der Waals surface area contributed by atoms with Crippen molar-refractivity contribution in [2.24, 2.45) is 0 Å². The van der Waals surface area contributed by atoms with Crippen molar-refractivity contribution in [1.29, 1.82) is 0 Å². The fraction of sp³-hybridized carbons (Fsp3) is 0.269. The van der Waals surface area contributed by atoms with E-state index in [-0.39, 0.29) is 0 Å². The van der Waals surface area contributed by atoms with Crippen molar-refractivity contribution >= 4 is 40.5 Å². The van der Waals surface area contributed by atoms with Crippen LogP contribution in [0.2, 0.25) is 0 Å². The predicted octanol–water partition coefficient (Wildman–Crippen LogP) is 4.97. The molecule has 0 unspecified atom stereocenters. The van der Waals surface area contributed by atoms with Gasteiger partial charge in [-0.15, -0.1) is 0 Å². The van der Waals surface area contributed by atoms with E-state index in [9.17, 15) is 4.57 Å². The van der Waals surface area contributed by atoms with Gasteiger partial charge in [-0.1, -0.05) is 24.3 Å². The zero-order valence-electron chi connectivity index (χ0n) is 19.4. The van der Waals surface area contributed by atoms with E-state index in [1.165, 1.54) is 5.69 Å². The van der Waals surface area contributed by atoms with E-state index in [0.717, 1.165) is 65.1 Å². The number of anilines is 3. The number of aromatic nitrogens is 2. The van der Waals surface area contributed by atoms with Gasteiger partial charge in [0.1, 0.15) is 12.8 Å². The third-order valence-electron chi connectivity index (χ3n) is 6.31. The van der Waals surface area contributed by atoms with Crippen LogP contribution in [-0.2, 0) is 4.57 Å². The topological polar surface area (TPSA) is 64.3 Å². The van der Waals surface area contributed by atoms with Gasteiger partial charge >= 0.3 is 0 Å². The van der Waals surface area contributed by atoms with Crippen LogP contribution in [0.4, 0.5) is 17.1 Å². The Balaban J connectivity index is 1.48. The summed E-state index contributed by atoms with van der Waals surface area (Å²) < 4.78 is 12.8. The Morgan fingerprint density at radius 3 is 2.52 bits per heavy atom. The van der Waals surface area contributed by atoms with Gasteiger partial charge in [-0.3, -0.25) is 0 Å². The number of hydrogen-bond donors (Lipinski definition) is 2. The zero-order valence-corrected chi connectivity index (χ0v) is 20.3. The molecule has 0 aliphatic carbocycles. The molecule has 3 heterocycles. The highest BCUT2D eigenvalue weighted by Crippen LogP contribution is 2.39. The molecule has 2 aromatic carbocycles. The summed E-state index contributed by atoms with van der Waals surface area (Å²) in [5.74, 6) is 0. The molecule has 0 bridgehead atoms. The predicted molar refractivity (Wildman–Crippen MR) is 140 cm³/mol. The summed E-state index contributed by atoms with van der Waals surface area (Å²) in [6.07, 6.45) is 1.80. The molecule has 6 nitrogen and oxygen atoms in total. The molecule has 170 valence electrons. The van der Waals surface area contributed by atoms with Gasteiger partial charge in [-0.25, -0.2) is 4.98 Å². The molecule has 1 aliphatic rings. The lowest BCUT2D eigenvalue weighted by molar-refractivity contribution is 0.313. The molecule has 0 amide bonds. The minimum atomic E-state index is -2.41. The largest absolute Gasteiger partial charge is 0.369 e. The van der Waals surface area contributed by atoms with Crippen molar-refractivity contribution in [2.75, 3.05) is 56.8 Å². The second-order valence-electron chi connectivity index (χ2n) is 9.14. The number of H-pyrrole nitrogens is 1. The van der Waals surface area contributed by atoms with E-state index >= 15 is 0 Å². The molecule has 33 heavy (non-hydrogen) atoms. The molecule has 0 saturated carbocycles. The SMILES string of the molecule is CN1CCN(c2cccc(-c3cc4c(Nc5ccccc5P(C)(C)=O)ccnc4[nH]3)c2)CC1. The Morgan fingerprint density at radius 2 is 1.73 bits per heavy atom. The Morgan fingerprint density at radius 1 is 0.939 bits per heavy atom. The Labute approximate surface area is 195 Å². The van der Waals surface area contributed by atoms with Gasteiger partial charge in [0.15, 0.2) is 0 Å². The van der Waals surface area contributed by atoms with Gasteiger partial charge in [0.25, 0.3) is 0 Å². The van der Waals surface area contributed by atoms with Gasteiger partial charge in [-0.05, 0) is 56.8 Å². The number of aromatic amines is 1. The van der Waals surface area contributed by atoms with Crippen LogP contribution < -0.4 is 15.5 Å². The molecule has 1 fully saturated rings. The summed E-state index contributed by atoms with van der Waals surface area (Å²) in [5, 5.41) is 5.37. The van der Waals surface area contributed by atoms with Gasteiger partial charge in [-0.2, -0.15) is 0 Å². The van der Waals surface area contributed by atoms with Crippen molar-refractivity contribution in [3.05, 3.63) is 66.9 Å². The second-order valence-corrected chi connectivity index (χ2v) is 12.3. The maximum atomic E-state index is 12.8. The molecule has 1 saturated heterocycles. The van der Waals surface area contributed by atoms with Gasteiger partial charge < -0.3 is 24.7 Å². The van der Waals surface area contributed by atoms with Crippen LogP contribution in [0.25, 0.3) is 22.3 Å². The van der Waals surface area contributed by atoms with Crippen LogP contribution in [0.3, 0.4) is 0 Å². The third kappa shape index (κ3) is 4.54. The van der Waals surface area contributed by atoms with Gasteiger partial charge in [0.05, 0.1) is 5.69 Å². The van der Waals surface area contributed by atoms with Crippen LogP contribution >= 0.6 is 7.14 Å². The van der Waals surface area contributed by atoms with E-state index in [2.05, 4.69) is 62.5 Å². The van der Waals surface area contributed by atoms with Crippen LogP contribution in [0.15, 0.2) is 66.9 Å². The summed E-state index contributed by atoms with van der Waals surface area (Å²) in [7, 11) is -0.237. The van der Waals surface area contributed by atoms with E-state index in [4.69, 9.17) is 0 Å². The minimum absolute atomic E-state index is 0.827. The third-order valence-corrected chi connectivity index (χ3v) is 7.86. The molecule has 4 aromatic rings. The van der Waals surface area contributed by atoms with Crippen molar-refractivity contribution < 1.29 is 4.57 Å². The van der Waals surface area contributed by atoms with E-state index in [1.807, 2.05) is 30.3 Å². The normalized spacial score (nSPS) is 15.2. The number of pyridine rings is 1. The van der Waals surface area contributed by atoms with Gasteiger partial charge in [0.2, 0.25) is 0 Å². The summed E-state index contributed by atoms with van der Waals surface area (Å²) >= 11 is 0. The van der Waals surface area contributed by atoms with Crippen LogP contribution in [0.5, 0.6) is 0 Å². The maximum Gasteiger partial charge on any atom is 0.139 e. The summed E-state index contributed by atoms with van der Waals surface area (Å²) in [5.41, 5.74) is 6.07. The van der Waals surface area contributed by atoms with Crippen LogP contribution in [-0.4, -0.2) is 61.4 Å². The Kier molecular flexibility index (Phi) is 5.73. The van der Waals surface area contributed by atoms with E-state index in [0.29, 0.717) is 0 Å². The standard InChI is InChI=1S/C26H30N5OP/c1-30-13-15-31(16-14-30)20-8-6-7-19(17-20)24-18-21-22(11-12-27-26(21)29-24)28-23-9-4-5-10-25(23)33(2,3)32/h4-12,17-18H,13-16H2,1-3H3,(H2,27,28,29). The number of hydrogen-bond acceptors (Lipinski definition) is 5. The summed E-state index contributed by atoms with van der Waals surface area (Å²) in [4.78, 5) is 12.9. The monoisotopic (exact) mass is 459 g/mol. The maximum absolute atomic E-state index is 12.8. The fourth-order valence-electron chi connectivity index (χ4n) is 4.42. The smallest absolute Gasteiger partial charge is 0.139 e. The van der Waals surface area contributed by atoms with Gasteiger partial charge in [0, 0.05) is 65.7 Å². The molecule has 0 spiro atoms. The van der Waals surface area contributed by atoms with Crippen LogP contribution in [0.1, 0.15) is 0 Å². The number of rotatable bonds is 5. The average molecular weight is 460 g/mol. The molecule has 2 aromatic heterocycles. The number of para-hydroxylation sites is 1. The zero-order chi connectivity index (χ0) is 23.0. The quantitative estimate of drug-likeness (QED) is 0.413. The molecule has 1 aliphatic heterocycles. The highest BCUT2D eigenvalue weighted by molar-refractivity contribution is 7.70. The number of likely N-dealkylation sites (N-methyl/N-ethyl adjacent to an activating group) is 1. The van der Waals surface area contributed by atoms with E-state index < -0.39 is 7.14 Å². The first-order valence-corrected chi connectivity index (χ1v) is 13.9. The first-order valence-electron chi connectivity index (χ1n) is 11.3. The lowest BCUT2D eigenvalue weighted by Gasteiger charge is -2.34. The molecule has 5 rings (SSSR count). The van der Waals surface area contributed by atoms with Crippen molar-refractivity contribution in [1.82, 2.24) is 14.9 Å². The molecule has 2 N–H and O–H groups in total. The molecule has 0 radical (unpaired) electrons. The second kappa shape index (κ2) is 8.69.